The van der Waals surface area contributed by atoms with E-state index in [2.05, 4.69) is 33.2 Å². The molecule has 0 saturated carbocycles. The smallest absolute Gasteiger partial charge is 0.255 e. The molecule has 0 spiro atoms. The number of anilines is 2. The molecule has 0 bridgehead atoms. The predicted molar refractivity (Wildman–Crippen MR) is 87.9 cm³/mol. The molecule has 2 rings (SSSR count). The molecule has 102 valence electrons. The van der Waals surface area contributed by atoms with E-state index in [0.29, 0.717) is 11.3 Å². The van der Waals surface area contributed by atoms with Crippen LogP contribution in [0.4, 0.5) is 11.4 Å². The van der Waals surface area contributed by atoms with E-state index in [0.717, 1.165) is 9.26 Å². The first kappa shape index (κ1) is 14.5. The maximum absolute atomic E-state index is 12.1. The van der Waals surface area contributed by atoms with Gasteiger partial charge in [-0.25, -0.2) is 0 Å². The highest BCUT2D eigenvalue weighted by atomic mass is 127. The van der Waals surface area contributed by atoms with Crippen LogP contribution in [0, 0.1) is 3.57 Å². The molecule has 0 unspecified atom stereocenters. The van der Waals surface area contributed by atoms with Gasteiger partial charge in [-0.1, -0.05) is 12.1 Å². The highest BCUT2D eigenvalue weighted by Crippen LogP contribution is 2.15. The van der Waals surface area contributed by atoms with Crippen molar-refractivity contribution >= 4 is 45.8 Å². The topological polar surface area (TPSA) is 58.2 Å². The van der Waals surface area contributed by atoms with Gasteiger partial charge in [0.05, 0.1) is 0 Å². The van der Waals surface area contributed by atoms with Crippen LogP contribution < -0.4 is 10.6 Å². The predicted octanol–water partition coefficient (Wildman–Crippen LogP) is 3.50. The average molecular weight is 380 g/mol. The number of carbonyl (C=O) groups is 2. The van der Waals surface area contributed by atoms with E-state index in [4.69, 9.17) is 0 Å². The largest absolute Gasteiger partial charge is 0.326 e. The van der Waals surface area contributed by atoms with E-state index >= 15 is 0 Å². The number of benzene rings is 2. The monoisotopic (exact) mass is 380 g/mol. The van der Waals surface area contributed by atoms with E-state index in [1.807, 2.05) is 24.3 Å². The molecule has 2 aromatic carbocycles. The Balaban J connectivity index is 2.15. The quantitative estimate of drug-likeness (QED) is 0.801. The summed E-state index contributed by atoms with van der Waals surface area (Å²) >= 11 is 2.19. The molecule has 20 heavy (non-hydrogen) atoms. The lowest BCUT2D eigenvalue weighted by molar-refractivity contribution is -0.114. The molecule has 0 aliphatic carbocycles. The van der Waals surface area contributed by atoms with E-state index in [-0.39, 0.29) is 11.8 Å². The number of hydrogen-bond acceptors (Lipinski definition) is 2. The van der Waals surface area contributed by atoms with Crippen LogP contribution >= 0.6 is 22.6 Å². The van der Waals surface area contributed by atoms with Gasteiger partial charge in [0.15, 0.2) is 0 Å². The number of nitrogens with one attached hydrogen (secondary N) is 2. The third-order valence-corrected chi connectivity index (χ3v) is 3.20. The maximum Gasteiger partial charge on any atom is 0.255 e. The summed E-state index contributed by atoms with van der Waals surface area (Å²) in [6.07, 6.45) is 0. The summed E-state index contributed by atoms with van der Waals surface area (Å²) in [6, 6.07) is 14.4. The lowest BCUT2D eigenvalue weighted by Gasteiger charge is -2.07. The van der Waals surface area contributed by atoms with Crippen LogP contribution in [0.3, 0.4) is 0 Å². The van der Waals surface area contributed by atoms with Crippen molar-refractivity contribution in [3.63, 3.8) is 0 Å². The van der Waals surface area contributed by atoms with Gasteiger partial charge in [-0.3, -0.25) is 9.59 Å². The Hall–Kier alpha value is -1.89. The standard InChI is InChI=1S/C15H13IN2O2/c1-10(19)17-13-6-2-4-11(8-13)15(20)18-14-7-3-5-12(16)9-14/h2-9H,1H3,(H,17,19)(H,18,20). The fourth-order valence-corrected chi connectivity index (χ4v) is 2.25. The summed E-state index contributed by atoms with van der Waals surface area (Å²) < 4.78 is 1.05. The first-order valence-electron chi connectivity index (χ1n) is 5.99. The van der Waals surface area contributed by atoms with Crippen molar-refractivity contribution in [3.8, 4) is 0 Å². The number of carbonyl (C=O) groups excluding carboxylic acids is 2. The summed E-state index contributed by atoms with van der Waals surface area (Å²) in [6.45, 7) is 1.43. The van der Waals surface area contributed by atoms with Crippen LogP contribution in [-0.2, 0) is 4.79 Å². The van der Waals surface area contributed by atoms with E-state index in [1.54, 1.807) is 24.3 Å². The zero-order chi connectivity index (χ0) is 14.5. The average Bonchev–Trinajstić information content (AvgIpc) is 2.38. The van der Waals surface area contributed by atoms with Crippen molar-refractivity contribution in [1.29, 1.82) is 0 Å². The lowest BCUT2D eigenvalue weighted by Crippen LogP contribution is -2.13. The van der Waals surface area contributed by atoms with E-state index < -0.39 is 0 Å². The summed E-state index contributed by atoms with van der Waals surface area (Å²) in [7, 11) is 0. The van der Waals surface area contributed by atoms with Crippen molar-refractivity contribution in [2.45, 2.75) is 6.92 Å². The molecule has 0 heterocycles. The van der Waals surface area contributed by atoms with Crippen LogP contribution in [0.2, 0.25) is 0 Å². The molecule has 0 saturated heterocycles. The minimum absolute atomic E-state index is 0.167. The summed E-state index contributed by atoms with van der Waals surface area (Å²) in [4.78, 5) is 23.1. The van der Waals surface area contributed by atoms with Gasteiger partial charge in [-0.05, 0) is 59.0 Å². The van der Waals surface area contributed by atoms with Crippen molar-refractivity contribution in [1.82, 2.24) is 0 Å². The molecule has 2 aromatic rings. The highest BCUT2D eigenvalue weighted by Gasteiger charge is 2.07. The second kappa shape index (κ2) is 6.51. The van der Waals surface area contributed by atoms with Crippen molar-refractivity contribution in [3.05, 3.63) is 57.7 Å². The van der Waals surface area contributed by atoms with Crippen molar-refractivity contribution in [2.24, 2.45) is 0 Å². The first-order valence-corrected chi connectivity index (χ1v) is 7.07. The normalized spacial score (nSPS) is 9.90. The minimum Gasteiger partial charge on any atom is -0.326 e. The summed E-state index contributed by atoms with van der Waals surface area (Å²) in [5, 5.41) is 5.48. The number of amides is 2. The van der Waals surface area contributed by atoms with Crippen LogP contribution in [0.1, 0.15) is 17.3 Å². The van der Waals surface area contributed by atoms with Gasteiger partial charge in [0.1, 0.15) is 0 Å². The molecular formula is C15H13IN2O2. The van der Waals surface area contributed by atoms with Crippen LogP contribution in [0.5, 0.6) is 0 Å². The Morgan fingerprint density at radius 2 is 1.60 bits per heavy atom. The Morgan fingerprint density at radius 3 is 2.25 bits per heavy atom. The second-order valence-corrected chi connectivity index (χ2v) is 5.47. The van der Waals surface area contributed by atoms with Gasteiger partial charge in [0.2, 0.25) is 5.91 Å². The van der Waals surface area contributed by atoms with E-state index in [1.165, 1.54) is 6.92 Å². The highest BCUT2D eigenvalue weighted by molar-refractivity contribution is 14.1. The molecule has 0 fully saturated rings. The molecule has 0 atom stereocenters. The number of halogens is 1. The summed E-state index contributed by atoms with van der Waals surface area (Å²) in [5.74, 6) is -0.376. The molecule has 0 radical (unpaired) electrons. The fraction of sp³-hybridized carbons (Fsp3) is 0.0667. The van der Waals surface area contributed by atoms with Gasteiger partial charge in [0, 0.05) is 27.4 Å². The summed E-state index contributed by atoms with van der Waals surface area (Å²) in [5.41, 5.74) is 1.84. The molecular weight excluding hydrogens is 367 g/mol. The number of rotatable bonds is 3. The minimum atomic E-state index is -0.209. The van der Waals surface area contributed by atoms with E-state index in [9.17, 15) is 9.59 Å². The van der Waals surface area contributed by atoms with Crippen LogP contribution in [0.15, 0.2) is 48.5 Å². The number of hydrogen-bond donors (Lipinski definition) is 2. The third kappa shape index (κ3) is 4.06. The zero-order valence-electron chi connectivity index (χ0n) is 10.8. The van der Waals surface area contributed by atoms with Crippen molar-refractivity contribution < 1.29 is 9.59 Å². The van der Waals surface area contributed by atoms with Gasteiger partial charge in [0.25, 0.3) is 5.91 Å². The van der Waals surface area contributed by atoms with Gasteiger partial charge >= 0.3 is 0 Å². The second-order valence-electron chi connectivity index (χ2n) is 4.23. The molecule has 0 aliphatic heterocycles. The van der Waals surface area contributed by atoms with Gasteiger partial charge in [-0.15, -0.1) is 0 Å². The Kier molecular flexibility index (Phi) is 4.73. The molecule has 2 N–H and O–H groups in total. The maximum atomic E-state index is 12.1. The third-order valence-electron chi connectivity index (χ3n) is 2.53. The van der Waals surface area contributed by atoms with Gasteiger partial charge < -0.3 is 10.6 Å². The van der Waals surface area contributed by atoms with Crippen molar-refractivity contribution in [2.75, 3.05) is 10.6 Å². The van der Waals surface area contributed by atoms with Gasteiger partial charge in [-0.2, -0.15) is 0 Å². The Morgan fingerprint density at radius 1 is 0.950 bits per heavy atom. The first-order chi connectivity index (χ1) is 9.54. The van der Waals surface area contributed by atoms with Crippen LogP contribution in [-0.4, -0.2) is 11.8 Å². The zero-order valence-corrected chi connectivity index (χ0v) is 13.0. The Bertz CT molecular complexity index is 656. The Labute approximate surface area is 130 Å². The lowest BCUT2D eigenvalue weighted by atomic mass is 10.2. The molecule has 0 aromatic heterocycles. The molecule has 4 nitrogen and oxygen atoms in total. The molecule has 0 aliphatic rings. The molecule has 2 amide bonds. The molecule has 5 heteroatoms. The fourth-order valence-electron chi connectivity index (χ4n) is 1.71. The van der Waals surface area contributed by atoms with Crippen LogP contribution in [0.25, 0.3) is 0 Å². The SMILES string of the molecule is CC(=O)Nc1cccc(C(=O)Nc2cccc(I)c2)c1.